The van der Waals surface area contributed by atoms with Crippen LogP contribution in [-0.2, 0) is 25.7 Å². The lowest BCUT2D eigenvalue weighted by Crippen LogP contribution is -2.29. The largest absolute Gasteiger partial charge is 0.534 e. The van der Waals surface area contributed by atoms with E-state index in [4.69, 9.17) is 0 Å². The lowest BCUT2D eigenvalue weighted by atomic mass is 9.68. The Morgan fingerprint density at radius 3 is 1.63 bits per heavy atom. The molecule has 0 N–H and O–H groups in total. The van der Waals surface area contributed by atoms with E-state index < -0.39 is 48.2 Å². The van der Waals surface area contributed by atoms with Gasteiger partial charge in [0.05, 0.1) is 0 Å². The maximum Gasteiger partial charge on any atom is 0.534 e. The lowest BCUT2D eigenvalue weighted by Gasteiger charge is -2.35. The highest BCUT2D eigenvalue weighted by Crippen LogP contribution is 2.57. The van der Waals surface area contributed by atoms with Crippen molar-refractivity contribution in [3.63, 3.8) is 0 Å². The second kappa shape index (κ2) is 11.2. The first-order valence-electron chi connectivity index (χ1n) is 13.4. The molecule has 3 aromatic rings. The quantitative estimate of drug-likeness (QED) is 0.124. The number of benzene rings is 3. The first kappa shape index (κ1) is 32.9. The highest BCUT2D eigenvalue weighted by Gasteiger charge is 2.50. The summed E-state index contributed by atoms with van der Waals surface area (Å²) in [6.45, 7) is 8.04. The van der Waals surface area contributed by atoms with E-state index in [9.17, 15) is 43.2 Å². The molecule has 0 atom stereocenters. The van der Waals surface area contributed by atoms with E-state index in [2.05, 4.69) is 8.37 Å². The maximum atomic E-state index is 13.1. The lowest BCUT2D eigenvalue weighted by molar-refractivity contribution is -0.0504. The Morgan fingerprint density at radius 2 is 1.14 bits per heavy atom. The molecule has 0 aromatic heterocycles. The van der Waals surface area contributed by atoms with Crippen molar-refractivity contribution in [1.29, 1.82) is 0 Å². The van der Waals surface area contributed by atoms with Crippen LogP contribution in [0.3, 0.4) is 0 Å². The summed E-state index contributed by atoms with van der Waals surface area (Å²) in [6, 6.07) is 11.0. The summed E-state index contributed by atoms with van der Waals surface area (Å²) in [5.41, 5.74) is -9.37. The van der Waals surface area contributed by atoms with Gasteiger partial charge in [0.25, 0.3) is 0 Å². The molecule has 0 amide bonds. The van der Waals surface area contributed by atoms with Gasteiger partial charge in [-0.05, 0) is 94.8 Å². The predicted molar refractivity (Wildman–Crippen MR) is 150 cm³/mol. The van der Waals surface area contributed by atoms with Crippen LogP contribution in [0, 0.1) is 11.8 Å². The molecule has 0 saturated heterocycles. The third-order valence-electron chi connectivity index (χ3n) is 7.54. The van der Waals surface area contributed by atoms with Crippen molar-refractivity contribution in [2.45, 2.75) is 69.8 Å². The van der Waals surface area contributed by atoms with Gasteiger partial charge in [0.15, 0.2) is 0 Å². The molecule has 0 radical (unpaired) electrons. The van der Waals surface area contributed by atoms with E-state index in [0.29, 0.717) is 47.6 Å². The van der Waals surface area contributed by atoms with Gasteiger partial charge < -0.3 is 8.37 Å². The molecule has 236 valence electrons. The fourth-order valence-corrected chi connectivity index (χ4v) is 6.41. The van der Waals surface area contributed by atoms with E-state index in [-0.39, 0.29) is 11.8 Å². The first-order chi connectivity index (χ1) is 19.7. The summed E-state index contributed by atoms with van der Waals surface area (Å²) >= 11 is 0. The van der Waals surface area contributed by atoms with Gasteiger partial charge in [-0.2, -0.15) is 43.2 Å². The minimum absolute atomic E-state index is 0.219. The molecule has 1 aliphatic carbocycles. The molecule has 0 saturated carbocycles. The number of fused-ring (bicyclic) bond motifs is 5. The third-order valence-corrected chi connectivity index (χ3v) is 9.50. The predicted octanol–water partition coefficient (Wildman–Crippen LogP) is 8.44. The van der Waals surface area contributed by atoms with Gasteiger partial charge in [-0.1, -0.05) is 52.0 Å². The number of halogens is 6. The molecule has 0 unspecified atom stereocenters. The van der Waals surface area contributed by atoms with Gasteiger partial charge in [-0.25, -0.2) is 0 Å². The highest BCUT2D eigenvalue weighted by atomic mass is 32.2. The zero-order chi connectivity index (χ0) is 32.2. The minimum Gasteiger partial charge on any atom is -0.376 e. The Kier molecular flexibility index (Phi) is 8.55. The average molecular weight is 653 g/mol. The van der Waals surface area contributed by atoms with Crippen LogP contribution in [0.4, 0.5) is 26.3 Å². The van der Waals surface area contributed by atoms with Crippen molar-refractivity contribution in [3.05, 3.63) is 59.7 Å². The van der Waals surface area contributed by atoms with Crippen LogP contribution in [0.2, 0.25) is 0 Å². The normalized spacial score (nSPS) is 15.2. The summed E-state index contributed by atoms with van der Waals surface area (Å²) in [5, 5.41) is 0.972. The number of hydrogen-bond donors (Lipinski definition) is 0. The van der Waals surface area contributed by atoms with E-state index in [1.165, 1.54) is 24.3 Å². The van der Waals surface area contributed by atoms with Crippen LogP contribution in [0.15, 0.2) is 48.5 Å². The van der Waals surface area contributed by atoms with Gasteiger partial charge in [0.1, 0.15) is 11.5 Å². The van der Waals surface area contributed by atoms with Gasteiger partial charge >= 0.3 is 31.3 Å². The Bertz CT molecular complexity index is 1730. The van der Waals surface area contributed by atoms with Gasteiger partial charge in [0, 0.05) is 5.41 Å². The molecule has 6 nitrogen and oxygen atoms in total. The molecule has 3 aromatic carbocycles. The standard InChI is InChI=1S/C29H30F6O6S2/c1-17(2)11-13-27(14-12-18(3)4)25-16-21(41-43(38,39)29(33,34)35)7-10-23(25)24-8-5-19-15-20(6-9-22(19)26(24)27)40-42(36,37)28(30,31)32/h5-10,15-18H,11-14H2,1-4H3. The van der Waals surface area contributed by atoms with E-state index >= 15 is 0 Å². The van der Waals surface area contributed by atoms with Crippen LogP contribution in [0.25, 0.3) is 21.9 Å². The van der Waals surface area contributed by atoms with Crippen LogP contribution >= 0.6 is 0 Å². The minimum atomic E-state index is -5.93. The van der Waals surface area contributed by atoms with E-state index in [0.717, 1.165) is 23.3 Å². The third kappa shape index (κ3) is 6.31. The molecular formula is C29H30F6O6S2. The molecule has 0 spiro atoms. The van der Waals surface area contributed by atoms with Crippen molar-refractivity contribution in [3.8, 4) is 22.6 Å². The molecule has 1 aliphatic rings. The Morgan fingerprint density at radius 1 is 0.674 bits per heavy atom. The maximum absolute atomic E-state index is 13.1. The molecular weight excluding hydrogens is 622 g/mol. The summed E-state index contributed by atoms with van der Waals surface area (Å²) in [7, 11) is -11.8. The van der Waals surface area contributed by atoms with Gasteiger partial charge in [0.2, 0.25) is 0 Å². The van der Waals surface area contributed by atoms with Gasteiger partial charge in [-0.15, -0.1) is 0 Å². The zero-order valence-electron chi connectivity index (χ0n) is 23.6. The van der Waals surface area contributed by atoms with Crippen molar-refractivity contribution in [2.24, 2.45) is 11.8 Å². The summed E-state index contributed by atoms with van der Waals surface area (Å²) in [6.07, 6.45) is 2.41. The summed E-state index contributed by atoms with van der Waals surface area (Å²) in [4.78, 5) is 0. The van der Waals surface area contributed by atoms with Crippen LogP contribution in [0.1, 0.15) is 64.5 Å². The Hall–Kier alpha value is -3.00. The molecule has 14 heteroatoms. The molecule has 0 aliphatic heterocycles. The molecule has 0 fully saturated rings. The van der Waals surface area contributed by atoms with Crippen molar-refractivity contribution in [2.75, 3.05) is 0 Å². The summed E-state index contributed by atoms with van der Waals surface area (Å²) in [5.74, 6) is -0.602. The average Bonchev–Trinajstić information content (AvgIpc) is 3.14. The van der Waals surface area contributed by atoms with E-state index in [1.807, 2.05) is 27.7 Å². The van der Waals surface area contributed by atoms with Crippen molar-refractivity contribution < 1.29 is 51.5 Å². The van der Waals surface area contributed by atoms with Crippen LogP contribution < -0.4 is 8.37 Å². The zero-order valence-corrected chi connectivity index (χ0v) is 25.3. The second-order valence-electron chi connectivity index (χ2n) is 11.5. The topological polar surface area (TPSA) is 86.7 Å². The Balaban J connectivity index is 1.95. The molecule has 0 heterocycles. The Labute approximate surface area is 246 Å². The monoisotopic (exact) mass is 652 g/mol. The van der Waals surface area contributed by atoms with Gasteiger partial charge in [-0.3, -0.25) is 0 Å². The smallest absolute Gasteiger partial charge is 0.376 e. The fourth-order valence-electron chi connectivity index (χ4n) is 5.50. The molecule has 43 heavy (non-hydrogen) atoms. The first-order valence-corrected chi connectivity index (χ1v) is 16.2. The molecule has 4 rings (SSSR count). The number of rotatable bonds is 10. The second-order valence-corrected chi connectivity index (χ2v) is 14.6. The number of alkyl halides is 6. The van der Waals surface area contributed by atoms with Crippen molar-refractivity contribution >= 4 is 31.0 Å². The SMILES string of the molecule is CC(C)CCC1(CCC(C)C)c2cc(OS(=O)(=O)C(F)(F)F)ccc2-c2ccc3cc(OS(=O)(=O)C(F)(F)F)ccc3c21. The van der Waals surface area contributed by atoms with Crippen molar-refractivity contribution in [1.82, 2.24) is 0 Å². The number of hydrogen-bond acceptors (Lipinski definition) is 6. The highest BCUT2D eigenvalue weighted by molar-refractivity contribution is 7.88. The molecule has 0 bridgehead atoms. The van der Waals surface area contributed by atoms with E-state index in [1.54, 1.807) is 12.1 Å². The van der Waals surface area contributed by atoms with Crippen LogP contribution in [-0.4, -0.2) is 27.9 Å². The fraction of sp³-hybridized carbons (Fsp3) is 0.448. The summed E-state index contributed by atoms with van der Waals surface area (Å²) < 4.78 is 134. The van der Waals surface area contributed by atoms with Crippen LogP contribution in [0.5, 0.6) is 11.5 Å².